The smallest absolute Gasteiger partial charge is 0.252 e. The number of aromatic amines is 1. The minimum Gasteiger partial charge on any atom is -0.322 e. The fourth-order valence-corrected chi connectivity index (χ4v) is 5.13. The number of benzene rings is 3. The lowest BCUT2D eigenvalue weighted by Gasteiger charge is -2.30. The van der Waals surface area contributed by atoms with Crippen LogP contribution < -0.4 is 5.56 Å². The van der Waals surface area contributed by atoms with Crippen LogP contribution in [-0.2, 0) is 19.5 Å². The van der Waals surface area contributed by atoms with Gasteiger partial charge in [0.1, 0.15) is 0 Å². The predicted octanol–water partition coefficient (Wildman–Crippen LogP) is 5.38. The van der Waals surface area contributed by atoms with Crippen LogP contribution >= 0.6 is 0 Å². The molecule has 1 N–H and O–H groups in total. The Morgan fingerprint density at radius 3 is 2.53 bits per heavy atom. The van der Waals surface area contributed by atoms with Gasteiger partial charge in [-0.1, -0.05) is 73.2 Å². The number of hydrogen-bond acceptors (Lipinski definition) is 5. The predicted molar refractivity (Wildman–Crippen MR) is 151 cm³/mol. The molecule has 0 aliphatic carbocycles. The Bertz CT molecular complexity index is 1570. The summed E-state index contributed by atoms with van der Waals surface area (Å²) in [6.07, 6.45) is 1.68. The normalized spacial score (nSPS) is 12.3. The first-order chi connectivity index (χ1) is 18.5. The molecule has 2 heterocycles. The highest BCUT2D eigenvalue weighted by atomic mass is 16.1. The third-order valence-corrected chi connectivity index (χ3v) is 7.24. The maximum absolute atomic E-state index is 13.2. The summed E-state index contributed by atoms with van der Waals surface area (Å²) < 4.78 is 1.89. The van der Waals surface area contributed by atoms with E-state index in [1.807, 2.05) is 41.1 Å². The van der Waals surface area contributed by atoms with Crippen molar-refractivity contribution in [2.45, 2.75) is 52.7 Å². The topological polar surface area (TPSA) is 79.7 Å². The van der Waals surface area contributed by atoms with E-state index in [1.54, 1.807) is 0 Å². The third kappa shape index (κ3) is 5.73. The standard InChI is InChI=1S/C31H34N6O/c1-4-29(30-33-34-35-37(30)20-24-11-6-5-7-12-24)36(17-16-25-13-9-8-10-23(25)3)21-27-19-26-18-22(2)14-15-28(26)32-31(27)38/h5-15,18-19,29H,4,16-17,20-21H2,1-3H3,(H,32,38). The molecular weight excluding hydrogens is 472 g/mol. The van der Waals surface area contributed by atoms with Crippen molar-refractivity contribution < 1.29 is 0 Å². The lowest BCUT2D eigenvalue weighted by atomic mass is 10.0. The van der Waals surface area contributed by atoms with Crippen molar-refractivity contribution in [3.05, 3.63) is 123 Å². The molecule has 2 aromatic heterocycles. The lowest BCUT2D eigenvalue weighted by molar-refractivity contribution is 0.172. The number of aryl methyl sites for hydroxylation is 2. The van der Waals surface area contributed by atoms with Crippen LogP contribution in [0.1, 0.15) is 53.0 Å². The zero-order chi connectivity index (χ0) is 26.5. The summed E-state index contributed by atoms with van der Waals surface area (Å²) in [5, 5.41) is 13.9. The summed E-state index contributed by atoms with van der Waals surface area (Å²) in [4.78, 5) is 18.6. The van der Waals surface area contributed by atoms with E-state index in [4.69, 9.17) is 0 Å². The highest BCUT2D eigenvalue weighted by Crippen LogP contribution is 2.26. The number of pyridine rings is 1. The molecule has 7 nitrogen and oxygen atoms in total. The van der Waals surface area contributed by atoms with Crippen molar-refractivity contribution in [2.24, 2.45) is 0 Å². The van der Waals surface area contributed by atoms with Crippen LogP contribution in [0.4, 0.5) is 0 Å². The zero-order valence-corrected chi connectivity index (χ0v) is 22.3. The van der Waals surface area contributed by atoms with Gasteiger partial charge in [0.25, 0.3) is 5.56 Å². The lowest BCUT2D eigenvalue weighted by Crippen LogP contribution is -2.34. The van der Waals surface area contributed by atoms with Gasteiger partial charge in [-0.15, -0.1) is 5.10 Å². The molecule has 0 saturated heterocycles. The average Bonchev–Trinajstić information content (AvgIpc) is 3.37. The van der Waals surface area contributed by atoms with Gasteiger partial charge in [0.15, 0.2) is 5.82 Å². The van der Waals surface area contributed by atoms with Gasteiger partial charge < -0.3 is 4.98 Å². The Morgan fingerprint density at radius 2 is 1.74 bits per heavy atom. The largest absolute Gasteiger partial charge is 0.322 e. The Balaban J connectivity index is 1.49. The first-order valence-corrected chi connectivity index (χ1v) is 13.2. The average molecular weight is 507 g/mol. The molecule has 1 unspecified atom stereocenters. The van der Waals surface area contributed by atoms with Crippen LogP contribution in [0.2, 0.25) is 0 Å². The maximum atomic E-state index is 13.2. The molecule has 5 rings (SSSR count). The Morgan fingerprint density at radius 1 is 0.947 bits per heavy atom. The van der Waals surface area contributed by atoms with Crippen molar-refractivity contribution >= 4 is 10.9 Å². The number of nitrogens with one attached hydrogen (secondary N) is 1. The van der Waals surface area contributed by atoms with E-state index < -0.39 is 0 Å². The van der Waals surface area contributed by atoms with Gasteiger partial charge in [-0.3, -0.25) is 9.69 Å². The fraction of sp³-hybridized carbons (Fsp3) is 0.290. The minimum absolute atomic E-state index is 0.0506. The molecular formula is C31H34N6O. The molecule has 0 aliphatic rings. The van der Waals surface area contributed by atoms with E-state index in [9.17, 15) is 4.79 Å². The number of rotatable bonds is 10. The van der Waals surface area contributed by atoms with E-state index >= 15 is 0 Å². The summed E-state index contributed by atoms with van der Waals surface area (Å²) >= 11 is 0. The fourth-order valence-electron chi connectivity index (χ4n) is 5.13. The summed E-state index contributed by atoms with van der Waals surface area (Å²) in [6.45, 7) is 8.24. The summed E-state index contributed by atoms with van der Waals surface area (Å²) in [5.41, 5.74) is 6.43. The van der Waals surface area contributed by atoms with E-state index in [2.05, 4.69) is 88.6 Å². The summed E-state index contributed by atoms with van der Waals surface area (Å²) in [7, 11) is 0. The van der Waals surface area contributed by atoms with Gasteiger partial charge in [-0.25, -0.2) is 4.68 Å². The zero-order valence-electron chi connectivity index (χ0n) is 22.3. The van der Waals surface area contributed by atoms with Gasteiger partial charge >= 0.3 is 0 Å². The molecule has 0 saturated carbocycles. The molecule has 7 heteroatoms. The van der Waals surface area contributed by atoms with Crippen LogP contribution in [0.5, 0.6) is 0 Å². The molecule has 0 spiro atoms. The van der Waals surface area contributed by atoms with Crippen molar-refractivity contribution in [1.82, 2.24) is 30.1 Å². The molecule has 3 aromatic carbocycles. The quantitative estimate of drug-likeness (QED) is 0.275. The van der Waals surface area contributed by atoms with Gasteiger partial charge in [0, 0.05) is 24.2 Å². The third-order valence-electron chi connectivity index (χ3n) is 7.24. The second-order valence-corrected chi connectivity index (χ2v) is 9.97. The van der Waals surface area contributed by atoms with Crippen LogP contribution in [0, 0.1) is 13.8 Å². The van der Waals surface area contributed by atoms with Crippen molar-refractivity contribution in [2.75, 3.05) is 6.54 Å². The van der Waals surface area contributed by atoms with Gasteiger partial charge in [-0.2, -0.15) is 0 Å². The van der Waals surface area contributed by atoms with Crippen molar-refractivity contribution in [3.8, 4) is 0 Å². The van der Waals surface area contributed by atoms with E-state index in [0.29, 0.717) is 13.1 Å². The van der Waals surface area contributed by atoms with E-state index in [1.165, 1.54) is 16.7 Å². The number of fused-ring (bicyclic) bond motifs is 1. The Labute approximate surface area is 223 Å². The Hall–Kier alpha value is -4.10. The van der Waals surface area contributed by atoms with Crippen LogP contribution in [0.3, 0.4) is 0 Å². The van der Waals surface area contributed by atoms with E-state index in [-0.39, 0.29) is 11.6 Å². The van der Waals surface area contributed by atoms with Crippen LogP contribution in [0.25, 0.3) is 10.9 Å². The van der Waals surface area contributed by atoms with Crippen LogP contribution in [-0.4, -0.2) is 36.6 Å². The molecule has 0 radical (unpaired) electrons. The van der Waals surface area contributed by atoms with E-state index in [0.717, 1.165) is 47.2 Å². The SMILES string of the molecule is CCC(c1nnnn1Cc1ccccc1)N(CCc1ccccc1C)Cc1cc2cc(C)ccc2[nH]c1=O. The van der Waals surface area contributed by atoms with Crippen molar-refractivity contribution in [3.63, 3.8) is 0 Å². The first kappa shape index (κ1) is 25.5. The molecule has 194 valence electrons. The maximum Gasteiger partial charge on any atom is 0.252 e. The Kier molecular flexibility index (Phi) is 7.75. The second-order valence-electron chi connectivity index (χ2n) is 9.97. The number of H-pyrrole nitrogens is 1. The minimum atomic E-state index is -0.0547. The molecule has 5 aromatic rings. The highest BCUT2D eigenvalue weighted by Gasteiger charge is 2.26. The number of aromatic nitrogens is 5. The number of nitrogens with zero attached hydrogens (tertiary/aromatic N) is 5. The molecule has 0 aliphatic heterocycles. The summed E-state index contributed by atoms with van der Waals surface area (Å²) in [5.74, 6) is 0.814. The van der Waals surface area contributed by atoms with Crippen molar-refractivity contribution in [1.29, 1.82) is 0 Å². The molecule has 1 atom stereocenters. The molecule has 0 amide bonds. The molecule has 0 fully saturated rings. The first-order valence-electron chi connectivity index (χ1n) is 13.2. The summed E-state index contributed by atoms with van der Waals surface area (Å²) in [6, 6.07) is 26.8. The highest BCUT2D eigenvalue weighted by molar-refractivity contribution is 5.79. The van der Waals surface area contributed by atoms with Crippen LogP contribution in [0.15, 0.2) is 83.7 Å². The van der Waals surface area contributed by atoms with Gasteiger partial charge in [-0.05, 0) is 77.4 Å². The molecule has 38 heavy (non-hydrogen) atoms. The molecule has 0 bridgehead atoms. The number of hydrogen-bond donors (Lipinski definition) is 1. The number of tetrazole rings is 1. The van der Waals surface area contributed by atoms with Gasteiger partial charge in [0.2, 0.25) is 0 Å². The van der Waals surface area contributed by atoms with Gasteiger partial charge in [0.05, 0.1) is 12.6 Å². The second kappa shape index (κ2) is 11.5. The monoisotopic (exact) mass is 506 g/mol.